The van der Waals surface area contributed by atoms with Gasteiger partial charge < -0.3 is 9.84 Å². The van der Waals surface area contributed by atoms with Crippen LogP contribution in [0.5, 0.6) is 0 Å². The van der Waals surface area contributed by atoms with E-state index in [1.165, 1.54) is 0 Å². The Morgan fingerprint density at radius 3 is 2.47 bits per heavy atom. The lowest BCUT2D eigenvalue weighted by atomic mass is 9.82. The van der Waals surface area contributed by atoms with Gasteiger partial charge in [-0.25, -0.2) is 9.18 Å². The van der Waals surface area contributed by atoms with Crippen molar-refractivity contribution in [1.82, 2.24) is 9.78 Å². The molecule has 4 rings (SSSR count). The molecule has 0 radical (unpaired) electrons. The molecule has 0 aliphatic heterocycles. The van der Waals surface area contributed by atoms with Crippen molar-refractivity contribution in [1.29, 1.82) is 0 Å². The van der Waals surface area contributed by atoms with E-state index in [1.54, 1.807) is 6.07 Å². The zero-order valence-electron chi connectivity index (χ0n) is 20.0. The average Bonchev–Trinajstić information content (AvgIpc) is 3.18. The van der Waals surface area contributed by atoms with Gasteiger partial charge in [-0.15, -0.1) is 0 Å². The number of carboxylic acid groups (broad SMARTS) is 1. The lowest BCUT2D eigenvalue weighted by Crippen LogP contribution is -2.23. The third-order valence-corrected chi connectivity index (χ3v) is 6.81. The lowest BCUT2D eigenvalue weighted by Gasteiger charge is -2.28. The van der Waals surface area contributed by atoms with Crippen LogP contribution in [0.1, 0.15) is 43.9 Å². The summed E-state index contributed by atoms with van der Waals surface area (Å²) in [6.07, 6.45) is 4.97. The summed E-state index contributed by atoms with van der Waals surface area (Å²) in [5.74, 6) is -0.267. The van der Waals surface area contributed by atoms with E-state index < -0.39 is 5.97 Å². The molecule has 0 saturated heterocycles. The van der Waals surface area contributed by atoms with Crippen molar-refractivity contribution in [2.75, 3.05) is 13.2 Å². The highest BCUT2D eigenvalue weighted by atomic mass is 19.1. The summed E-state index contributed by atoms with van der Waals surface area (Å²) in [4.78, 5) is 10.7. The van der Waals surface area contributed by atoms with Gasteiger partial charge in [0.05, 0.1) is 6.61 Å². The van der Waals surface area contributed by atoms with Crippen LogP contribution in [0, 0.1) is 24.6 Å². The molecule has 1 heterocycles. The van der Waals surface area contributed by atoms with Crippen molar-refractivity contribution in [3.8, 4) is 22.4 Å². The van der Waals surface area contributed by atoms with Crippen LogP contribution in [0.2, 0.25) is 0 Å². The molecule has 1 fully saturated rings. The number of aliphatic carboxylic acids is 1. The maximum Gasteiger partial charge on any atom is 0.329 e. The Morgan fingerprint density at radius 1 is 1.12 bits per heavy atom. The number of nitrogens with zero attached hydrogens (tertiary/aromatic N) is 2. The number of hydrogen-bond donors (Lipinski definition) is 1. The highest BCUT2D eigenvalue weighted by Crippen LogP contribution is 2.38. The van der Waals surface area contributed by atoms with Gasteiger partial charge in [0.2, 0.25) is 0 Å². The van der Waals surface area contributed by atoms with Crippen LogP contribution in [0.4, 0.5) is 4.39 Å². The normalized spacial score (nSPS) is 18.2. The minimum Gasteiger partial charge on any atom is -0.480 e. The molecular formula is C28H33FN2O3. The first-order valence-corrected chi connectivity index (χ1v) is 12.2. The number of halogens is 1. The third-order valence-electron chi connectivity index (χ3n) is 6.81. The summed E-state index contributed by atoms with van der Waals surface area (Å²) in [7, 11) is 0. The van der Waals surface area contributed by atoms with Gasteiger partial charge in [0.1, 0.15) is 18.1 Å². The van der Waals surface area contributed by atoms with Crippen LogP contribution < -0.4 is 0 Å². The molecule has 0 amide bonds. The summed E-state index contributed by atoms with van der Waals surface area (Å²) < 4.78 is 22.4. The topological polar surface area (TPSA) is 64.4 Å². The van der Waals surface area contributed by atoms with E-state index in [0.717, 1.165) is 61.0 Å². The molecule has 1 aliphatic carbocycles. The van der Waals surface area contributed by atoms with E-state index in [0.29, 0.717) is 29.7 Å². The van der Waals surface area contributed by atoms with Gasteiger partial charge in [0, 0.05) is 23.4 Å². The van der Waals surface area contributed by atoms with Crippen molar-refractivity contribution in [2.45, 2.75) is 52.5 Å². The molecule has 1 aromatic heterocycles. The van der Waals surface area contributed by atoms with Gasteiger partial charge in [-0.05, 0) is 74.1 Å². The number of aromatic nitrogens is 2. The first-order valence-electron chi connectivity index (χ1n) is 12.2. The number of ether oxygens (including phenoxy) is 1. The second-order valence-electron chi connectivity index (χ2n) is 9.35. The molecule has 2 aromatic carbocycles. The number of carbonyl (C=O) groups is 1. The van der Waals surface area contributed by atoms with Crippen LogP contribution in [0.3, 0.4) is 0 Å². The molecule has 0 atom stereocenters. The SMILES string of the molecule is CCc1c(-c2ccccc2)c(-c2ccc(C)cc2F)nn1CC1CCC(COCC(=O)O)CC1. The molecule has 0 bridgehead atoms. The predicted molar refractivity (Wildman–Crippen MR) is 131 cm³/mol. The first kappa shape index (κ1) is 24.1. The van der Waals surface area contributed by atoms with Crippen molar-refractivity contribution >= 4 is 5.97 Å². The quantitative estimate of drug-likeness (QED) is 0.413. The fraction of sp³-hybridized carbons (Fsp3) is 0.429. The molecule has 1 saturated carbocycles. The summed E-state index contributed by atoms with van der Waals surface area (Å²) in [5, 5.41) is 13.7. The zero-order chi connectivity index (χ0) is 24.1. The first-order chi connectivity index (χ1) is 16.5. The molecular weight excluding hydrogens is 431 g/mol. The fourth-order valence-corrected chi connectivity index (χ4v) is 5.05. The summed E-state index contributed by atoms with van der Waals surface area (Å²) in [6.45, 7) is 5.11. The van der Waals surface area contributed by atoms with Gasteiger partial charge in [0.15, 0.2) is 0 Å². The predicted octanol–water partition coefficient (Wildman–Crippen LogP) is 6.13. The highest BCUT2D eigenvalue weighted by molar-refractivity contribution is 5.83. The Kier molecular flexibility index (Phi) is 7.78. The van der Waals surface area contributed by atoms with Gasteiger partial charge in [-0.3, -0.25) is 4.68 Å². The molecule has 5 nitrogen and oxygen atoms in total. The smallest absolute Gasteiger partial charge is 0.329 e. The van der Waals surface area contributed by atoms with Crippen molar-refractivity contribution in [3.05, 3.63) is 65.6 Å². The zero-order valence-corrected chi connectivity index (χ0v) is 20.0. The van der Waals surface area contributed by atoms with E-state index in [9.17, 15) is 4.79 Å². The minimum absolute atomic E-state index is 0.228. The van der Waals surface area contributed by atoms with Crippen molar-refractivity contribution < 1.29 is 19.0 Å². The maximum absolute atomic E-state index is 15.0. The highest BCUT2D eigenvalue weighted by Gasteiger charge is 2.26. The molecule has 0 unspecified atom stereocenters. The Hall–Kier alpha value is -2.99. The number of aryl methyl sites for hydroxylation is 1. The molecule has 3 aromatic rings. The molecule has 0 spiro atoms. The lowest BCUT2D eigenvalue weighted by molar-refractivity contribution is -0.142. The van der Waals surface area contributed by atoms with Gasteiger partial charge in [0.25, 0.3) is 0 Å². The van der Waals surface area contributed by atoms with Crippen LogP contribution in [0.25, 0.3) is 22.4 Å². The van der Waals surface area contributed by atoms with E-state index in [-0.39, 0.29) is 12.4 Å². The molecule has 34 heavy (non-hydrogen) atoms. The second kappa shape index (κ2) is 11.0. The standard InChI is InChI=1S/C28H33FN2O3/c1-3-25-27(22-7-5-4-6-8-22)28(23-14-9-19(2)15-24(23)29)30-31(25)16-20-10-12-21(13-11-20)17-34-18-26(32)33/h4-9,14-15,20-21H,3,10-13,16-18H2,1-2H3,(H,32,33). The minimum atomic E-state index is -0.922. The van der Waals surface area contributed by atoms with Crippen molar-refractivity contribution in [2.24, 2.45) is 11.8 Å². The van der Waals surface area contributed by atoms with E-state index in [1.807, 2.05) is 37.3 Å². The second-order valence-corrected chi connectivity index (χ2v) is 9.35. The Balaban J connectivity index is 1.59. The molecule has 1 N–H and O–H groups in total. The monoisotopic (exact) mass is 464 g/mol. The van der Waals surface area contributed by atoms with Crippen LogP contribution in [-0.2, 0) is 22.5 Å². The summed E-state index contributed by atoms with van der Waals surface area (Å²) in [6, 6.07) is 15.5. The molecule has 180 valence electrons. The van der Waals surface area contributed by atoms with Gasteiger partial charge in [-0.1, -0.05) is 43.3 Å². The Bertz CT molecular complexity index is 1120. The fourth-order valence-electron chi connectivity index (χ4n) is 5.05. The molecule has 1 aliphatic rings. The Morgan fingerprint density at radius 2 is 1.82 bits per heavy atom. The molecule has 6 heteroatoms. The number of benzene rings is 2. The van der Waals surface area contributed by atoms with Crippen molar-refractivity contribution in [3.63, 3.8) is 0 Å². The summed E-state index contributed by atoms with van der Waals surface area (Å²) >= 11 is 0. The van der Waals surface area contributed by atoms with Gasteiger partial charge in [-0.2, -0.15) is 5.10 Å². The number of hydrogen-bond acceptors (Lipinski definition) is 3. The summed E-state index contributed by atoms with van der Waals surface area (Å²) in [5.41, 5.74) is 5.34. The average molecular weight is 465 g/mol. The largest absolute Gasteiger partial charge is 0.480 e. The van der Waals surface area contributed by atoms with Crippen LogP contribution in [0.15, 0.2) is 48.5 Å². The van der Waals surface area contributed by atoms with Gasteiger partial charge >= 0.3 is 5.97 Å². The Labute approximate surface area is 200 Å². The van der Waals surface area contributed by atoms with E-state index in [4.69, 9.17) is 14.9 Å². The third kappa shape index (κ3) is 5.55. The van der Waals surface area contributed by atoms with Crippen LogP contribution >= 0.6 is 0 Å². The number of carboxylic acids is 1. The maximum atomic E-state index is 15.0. The van der Waals surface area contributed by atoms with E-state index >= 15 is 4.39 Å². The van der Waals surface area contributed by atoms with Crippen LogP contribution in [-0.4, -0.2) is 34.1 Å². The van der Waals surface area contributed by atoms with E-state index in [2.05, 4.69) is 23.7 Å². The number of rotatable bonds is 9.